The molecule has 43 heavy (non-hydrogen) atoms. The first-order valence-corrected chi connectivity index (χ1v) is 18.8. The number of fused-ring (bicyclic) bond motifs is 1. The zero-order valence-electron chi connectivity index (χ0n) is 26.1. The van der Waals surface area contributed by atoms with Crippen molar-refractivity contribution in [1.82, 2.24) is 9.97 Å². The van der Waals surface area contributed by atoms with Gasteiger partial charge in [0.05, 0.1) is 8.07 Å². The Morgan fingerprint density at radius 1 is 0.744 bits per heavy atom. The summed E-state index contributed by atoms with van der Waals surface area (Å²) in [6, 6.07) is 35.7. The summed E-state index contributed by atoms with van der Waals surface area (Å²) in [6.45, 7) is 11.7. The Hall–Kier alpha value is -3.17. The van der Waals surface area contributed by atoms with Crippen LogP contribution in [-0.4, -0.2) is 18.0 Å². The van der Waals surface area contributed by atoms with Crippen molar-refractivity contribution in [3.8, 4) is 33.6 Å². The van der Waals surface area contributed by atoms with Crippen molar-refractivity contribution in [3.05, 3.63) is 126 Å². The van der Waals surface area contributed by atoms with Crippen molar-refractivity contribution in [3.63, 3.8) is 0 Å². The number of benzene rings is 3. The second-order valence-electron chi connectivity index (χ2n) is 12.7. The van der Waals surface area contributed by atoms with Gasteiger partial charge >= 0.3 is 0 Å². The van der Waals surface area contributed by atoms with E-state index in [1.165, 1.54) is 45.8 Å². The number of hydrogen-bond acceptors (Lipinski definition) is 2. The van der Waals surface area contributed by atoms with Crippen LogP contribution in [0.25, 0.3) is 33.6 Å². The van der Waals surface area contributed by atoms with Crippen LogP contribution in [0.5, 0.6) is 0 Å². The molecule has 1 aliphatic carbocycles. The number of hydrogen-bond donors (Lipinski definition) is 0. The van der Waals surface area contributed by atoms with Crippen molar-refractivity contribution in [2.75, 3.05) is 0 Å². The number of pyridine rings is 2. The van der Waals surface area contributed by atoms with Crippen molar-refractivity contribution in [2.24, 2.45) is 5.92 Å². The first-order valence-electron chi connectivity index (χ1n) is 15.3. The molecule has 5 aromatic rings. The van der Waals surface area contributed by atoms with E-state index < -0.39 is 8.07 Å². The molecule has 2 nitrogen and oxygen atoms in total. The molecule has 0 saturated carbocycles. The molecular weight excluding hydrogens is 717 g/mol. The van der Waals surface area contributed by atoms with Crippen molar-refractivity contribution >= 4 is 13.3 Å². The van der Waals surface area contributed by atoms with Gasteiger partial charge in [0.2, 0.25) is 0 Å². The van der Waals surface area contributed by atoms with E-state index in [1.807, 2.05) is 30.3 Å². The molecule has 0 aliphatic heterocycles. The van der Waals surface area contributed by atoms with Gasteiger partial charge in [0.25, 0.3) is 0 Å². The van der Waals surface area contributed by atoms with Gasteiger partial charge in [-0.25, -0.2) is 0 Å². The zero-order chi connectivity index (χ0) is 29.5. The summed E-state index contributed by atoms with van der Waals surface area (Å²) in [6.07, 6.45) is 10.1. The molecule has 1 aliphatic rings. The molecule has 3 aromatic carbocycles. The van der Waals surface area contributed by atoms with Crippen LogP contribution in [0.4, 0.5) is 0 Å². The molecule has 0 spiro atoms. The third kappa shape index (κ3) is 8.26. The Kier molecular flexibility index (Phi) is 11.4. The Labute approximate surface area is 273 Å². The van der Waals surface area contributed by atoms with Crippen LogP contribution in [0.3, 0.4) is 0 Å². The monoisotopic (exact) mass is 759 g/mol. The summed E-state index contributed by atoms with van der Waals surface area (Å²) >= 11 is 0. The van der Waals surface area contributed by atoms with E-state index in [2.05, 4.69) is 118 Å². The van der Waals surface area contributed by atoms with E-state index in [1.54, 1.807) is 0 Å². The maximum absolute atomic E-state index is 4.81. The average Bonchev–Trinajstić information content (AvgIpc) is 3.01. The molecule has 0 fully saturated rings. The van der Waals surface area contributed by atoms with E-state index in [-0.39, 0.29) is 20.1 Å². The van der Waals surface area contributed by atoms with Crippen molar-refractivity contribution < 1.29 is 20.1 Å². The second kappa shape index (κ2) is 15.0. The van der Waals surface area contributed by atoms with Gasteiger partial charge < -0.3 is 9.97 Å². The molecule has 4 heteroatoms. The van der Waals surface area contributed by atoms with Gasteiger partial charge in [-0.2, -0.15) is 0 Å². The fraction of sp³-hybridized carbons (Fsp3) is 0.282. The molecule has 6 rings (SSSR count). The summed E-state index contributed by atoms with van der Waals surface area (Å²) in [5, 5.41) is 1.49. The summed E-state index contributed by atoms with van der Waals surface area (Å²) < 4.78 is 0. The van der Waals surface area contributed by atoms with Crippen LogP contribution in [0.2, 0.25) is 19.6 Å². The quantitative estimate of drug-likeness (QED) is 0.128. The van der Waals surface area contributed by atoms with Gasteiger partial charge in [0.15, 0.2) is 0 Å². The molecule has 1 radical (unpaired) electrons. The summed E-state index contributed by atoms with van der Waals surface area (Å²) in [4.78, 5) is 9.49. The van der Waals surface area contributed by atoms with Gasteiger partial charge in [-0.1, -0.05) is 81.0 Å². The largest absolute Gasteiger partial charge is 0.305 e. The molecule has 0 bridgehead atoms. The Bertz CT molecular complexity index is 1530. The molecule has 2 aromatic heterocycles. The second-order valence-corrected chi connectivity index (χ2v) is 17.7. The number of nitrogens with zero attached hydrogens (tertiary/aromatic N) is 2. The Morgan fingerprint density at radius 3 is 1.98 bits per heavy atom. The number of aromatic nitrogens is 2. The Morgan fingerprint density at radius 2 is 1.37 bits per heavy atom. The zero-order valence-corrected chi connectivity index (χ0v) is 29.5. The van der Waals surface area contributed by atoms with Crippen LogP contribution in [0.15, 0.2) is 97.3 Å². The first-order chi connectivity index (χ1) is 20.3. The molecule has 0 unspecified atom stereocenters. The molecule has 2 heterocycles. The van der Waals surface area contributed by atoms with E-state index in [9.17, 15) is 0 Å². The molecule has 0 saturated heterocycles. The topological polar surface area (TPSA) is 25.8 Å². The summed E-state index contributed by atoms with van der Waals surface area (Å²) in [5.74, 6) is 0.667. The van der Waals surface area contributed by atoms with Gasteiger partial charge in [0, 0.05) is 38.1 Å². The van der Waals surface area contributed by atoms with Gasteiger partial charge in [-0.05, 0) is 65.7 Å². The standard InChI is InChI=1S/C21H18N.C18H24NSi.Ir/c1-3-9-16(10-4-1)20-15-22-21(17-11-5-2-6-12-17)19-14-8-7-13-18(19)20;1-14(2)11-16-12-17(15-9-7-6-8-10-15)19-13-18(16)20(3,4)5;/h1-6,9-11,15H,7-8,13-14H2;6-9,12-14H,11H2,1-5H3;/q2*-1;. The summed E-state index contributed by atoms with van der Waals surface area (Å²) in [5.41, 5.74) is 11.3. The minimum atomic E-state index is -1.34. The predicted octanol–water partition coefficient (Wildman–Crippen LogP) is 9.38. The SMILES string of the molecule is CC(C)Cc1cc(-c2[c-]cccc2)ncc1[Si](C)(C)C.[Ir].[c-]1ccccc1-c1ncc(-c2ccccc2)c2c1CCCC2. The van der Waals surface area contributed by atoms with Gasteiger partial charge in [-0.15, -0.1) is 71.8 Å². The molecule has 0 atom stereocenters. The van der Waals surface area contributed by atoms with Crippen LogP contribution in [-0.2, 0) is 39.4 Å². The third-order valence-electron chi connectivity index (χ3n) is 7.86. The molecule has 223 valence electrons. The Balaban J connectivity index is 0.000000194. The minimum Gasteiger partial charge on any atom is -0.305 e. The summed E-state index contributed by atoms with van der Waals surface area (Å²) in [7, 11) is -1.34. The number of rotatable bonds is 6. The van der Waals surface area contributed by atoms with E-state index >= 15 is 0 Å². The fourth-order valence-corrected chi connectivity index (χ4v) is 7.46. The third-order valence-corrected chi connectivity index (χ3v) is 9.93. The van der Waals surface area contributed by atoms with Crippen LogP contribution < -0.4 is 5.19 Å². The van der Waals surface area contributed by atoms with Crippen molar-refractivity contribution in [1.29, 1.82) is 0 Å². The predicted molar refractivity (Wildman–Crippen MR) is 181 cm³/mol. The van der Waals surface area contributed by atoms with Crippen LogP contribution >= 0.6 is 0 Å². The molecule has 0 N–H and O–H groups in total. The van der Waals surface area contributed by atoms with E-state index in [0.717, 1.165) is 41.8 Å². The fourth-order valence-electron chi connectivity index (χ4n) is 5.87. The van der Waals surface area contributed by atoms with E-state index in [0.29, 0.717) is 5.92 Å². The maximum Gasteiger partial charge on any atom is 0.0798 e. The molecular formula is C39H42IrN2Si-2. The van der Waals surface area contributed by atoms with Gasteiger partial charge in [-0.3, -0.25) is 0 Å². The van der Waals surface area contributed by atoms with Crippen molar-refractivity contribution in [2.45, 2.75) is 65.6 Å². The molecule has 0 amide bonds. The van der Waals surface area contributed by atoms with Gasteiger partial charge in [0.1, 0.15) is 0 Å². The first kappa shape index (κ1) is 32.7. The maximum atomic E-state index is 4.81. The average molecular weight is 759 g/mol. The van der Waals surface area contributed by atoms with E-state index in [4.69, 9.17) is 4.98 Å². The van der Waals surface area contributed by atoms with Crippen LogP contribution in [0.1, 0.15) is 43.4 Å². The smallest absolute Gasteiger partial charge is 0.0798 e. The minimum absolute atomic E-state index is 0. The normalized spacial score (nSPS) is 12.5. The van der Waals surface area contributed by atoms with Crippen LogP contribution in [0, 0.1) is 18.1 Å².